The van der Waals surface area contributed by atoms with Crippen molar-refractivity contribution in [2.45, 2.75) is 19.3 Å². The van der Waals surface area contributed by atoms with Crippen LogP contribution in [0.25, 0.3) is 0 Å². The number of unbranched alkanes of at least 4 members (excludes halogenated alkanes) is 1. The SMILES string of the molecule is O=C(CCCCCl)Nc1ccc(Cl)c(C(=O)O)c1. The zero-order chi connectivity index (χ0) is 13.5. The van der Waals surface area contributed by atoms with Crippen LogP contribution >= 0.6 is 23.2 Å². The van der Waals surface area contributed by atoms with Crippen molar-refractivity contribution in [3.8, 4) is 0 Å². The number of carboxylic acid groups (broad SMARTS) is 1. The zero-order valence-electron chi connectivity index (χ0n) is 9.58. The largest absolute Gasteiger partial charge is 0.478 e. The van der Waals surface area contributed by atoms with Crippen LogP contribution < -0.4 is 5.32 Å². The van der Waals surface area contributed by atoms with E-state index >= 15 is 0 Å². The maximum atomic E-state index is 11.5. The van der Waals surface area contributed by atoms with Crippen LogP contribution in [0.15, 0.2) is 18.2 Å². The second kappa shape index (κ2) is 7.24. The lowest BCUT2D eigenvalue weighted by atomic mass is 10.2. The Bertz CT molecular complexity index is 449. The number of rotatable bonds is 6. The number of aromatic carboxylic acids is 1. The molecule has 0 aliphatic rings. The van der Waals surface area contributed by atoms with Crippen molar-refractivity contribution in [1.29, 1.82) is 0 Å². The van der Waals surface area contributed by atoms with E-state index in [1.807, 2.05) is 0 Å². The molecule has 2 N–H and O–H groups in total. The van der Waals surface area contributed by atoms with E-state index in [2.05, 4.69) is 5.32 Å². The number of benzene rings is 1. The van der Waals surface area contributed by atoms with Gasteiger partial charge in [0.25, 0.3) is 0 Å². The number of amides is 1. The Balaban J connectivity index is 2.65. The van der Waals surface area contributed by atoms with Gasteiger partial charge in [-0.2, -0.15) is 0 Å². The van der Waals surface area contributed by atoms with Crippen LogP contribution in [-0.2, 0) is 4.79 Å². The third-order valence-corrected chi connectivity index (χ3v) is 2.86. The van der Waals surface area contributed by atoms with Gasteiger partial charge >= 0.3 is 5.97 Å². The molecule has 0 aliphatic carbocycles. The van der Waals surface area contributed by atoms with E-state index in [0.717, 1.165) is 6.42 Å². The fourth-order valence-electron chi connectivity index (χ4n) is 1.37. The highest BCUT2D eigenvalue weighted by molar-refractivity contribution is 6.33. The van der Waals surface area contributed by atoms with Crippen molar-refractivity contribution < 1.29 is 14.7 Å². The molecule has 0 heterocycles. The number of alkyl halides is 1. The summed E-state index contributed by atoms with van der Waals surface area (Å²) in [6.45, 7) is 0. The number of hydrogen-bond donors (Lipinski definition) is 2. The van der Waals surface area contributed by atoms with Gasteiger partial charge < -0.3 is 10.4 Å². The number of halogens is 2. The Morgan fingerprint density at radius 1 is 1.28 bits per heavy atom. The van der Waals surface area contributed by atoms with Crippen molar-refractivity contribution in [3.63, 3.8) is 0 Å². The average Bonchev–Trinajstić information content (AvgIpc) is 2.31. The first-order chi connectivity index (χ1) is 8.54. The van der Waals surface area contributed by atoms with Crippen LogP contribution in [0.3, 0.4) is 0 Å². The minimum atomic E-state index is -1.13. The van der Waals surface area contributed by atoms with E-state index < -0.39 is 5.97 Å². The molecule has 4 nitrogen and oxygen atoms in total. The summed E-state index contributed by atoms with van der Waals surface area (Å²) in [5.74, 6) is -0.769. The van der Waals surface area contributed by atoms with E-state index in [1.54, 1.807) is 6.07 Å². The highest BCUT2D eigenvalue weighted by atomic mass is 35.5. The van der Waals surface area contributed by atoms with E-state index in [9.17, 15) is 9.59 Å². The molecule has 1 aromatic rings. The van der Waals surface area contributed by atoms with E-state index in [-0.39, 0.29) is 16.5 Å². The summed E-state index contributed by atoms with van der Waals surface area (Å²) in [6.07, 6.45) is 1.84. The van der Waals surface area contributed by atoms with Crippen molar-refractivity contribution in [2.24, 2.45) is 0 Å². The molecule has 0 atom stereocenters. The molecule has 1 rings (SSSR count). The first-order valence-electron chi connectivity index (χ1n) is 5.43. The number of anilines is 1. The van der Waals surface area contributed by atoms with Gasteiger partial charge in [0.2, 0.25) is 5.91 Å². The van der Waals surface area contributed by atoms with Crippen molar-refractivity contribution in [2.75, 3.05) is 11.2 Å². The molecule has 18 heavy (non-hydrogen) atoms. The number of hydrogen-bond acceptors (Lipinski definition) is 2. The minimum Gasteiger partial charge on any atom is -0.478 e. The zero-order valence-corrected chi connectivity index (χ0v) is 11.1. The summed E-state index contributed by atoms with van der Waals surface area (Å²) in [4.78, 5) is 22.4. The van der Waals surface area contributed by atoms with Crippen LogP contribution in [0.4, 0.5) is 5.69 Å². The molecule has 0 saturated heterocycles. The first kappa shape index (κ1) is 14.8. The summed E-state index contributed by atoms with van der Waals surface area (Å²) in [7, 11) is 0. The van der Waals surface area contributed by atoms with Gasteiger partial charge in [-0.05, 0) is 31.0 Å². The van der Waals surface area contributed by atoms with Gasteiger partial charge in [-0.25, -0.2) is 4.79 Å². The topological polar surface area (TPSA) is 66.4 Å². The molecule has 0 spiro atoms. The van der Waals surface area contributed by atoms with Crippen molar-refractivity contribution in [3.05, 3.63) is 28.8 Å². The van der Waals surface area contributed by atoms with Crippen molar-refractivity contribution in [1.82, 2.24) is 0 Å². The molecule has 1 amide bonds. The summed E-state index contributed by atoms with van der Waals surface area (Å²) in [5, 5.41) is 11.6. The highest BCUT2D eigenvalue weighted by Crippen LogP contribution is 2.20. The van der Waals surface area contributed by atoms with E-state index in [0.29, 0.717) is 24.4 Å². The van der Waals surface area contributed by atoms with Gasteiger partial charge in [-0.3, -0.25) is 4.79 Å². The predicted molar refractivity (Wildman–Crippen MR) is 71.6 cm³/mol. The normalized spacial score (nSPS) is 10.1. The maximum absolute atomic E-state index is 11.5. The van der Waals surface area contributed by atoms with Gasteiger partial charge in [0.1, 0.15) is 0 Å². The molecule has 1 aromatic carbocycles. The lowest BCUT2D eigenvalue weighted by Gasteiger charge is -2.06. The third-order valence-electron chi connectivity index (χ3n) is 2.27. The first-order valence-corrected chi connectivity index (χ1v) is 6.34. The quantitative estimate of drug-likeness (QED) is 0.623. The molecular formula is C12H13Cl2NO3. The van der Waals surface area contributed by atoms with Crippen molar-refractivity contribution >= 4 is 40.8 Å². The van der Waals surface area contributed by atoms with Crippen LogP contribution in [0.1, 0.15) is 29.6 Å². The molecule has 0 aromatic heterocycles. The highest BCUT2D eigenvalue weighted by Gasteiger charge is 2.10. The number of carbonyl (C=O) groups excluding carboxylic acids is 1. The van der Waals surface area contributed by atoms with Crippen LogP contribution in [0.5, 0.6) is 0 Å². The molecule has 0 radical (unpaired) electrons. The molecule has 0 bridgehead atoms. The van der Waals surface area contributed by atoms with Gasteiger partial charge in [0.15, 0.2) is 0 Å². The molecule has 98 valence electrons. The summed E-state index contributed by atoms with van der Waals surface area (Å²) >= 11 is 11.2. The Morgan fingerprint density at radius 3 is 2.61 bits per heavy atom. The van der Waals surface area contributed by atoms with E-state index in [4.69, 9.17) is 28.3 Å². The molecule has 0 fully saturated rings. The third kappa shape index (κ3) is 4.55. The lowest BCUT2D eigenvalue weighted by Crippen LogP contribution is -2.12. The van der Waals surface area contributed by atoms with Gasteiger partial charge in [-0.1, -0.05) is 11.6 Å². The Morgan fingerprint density at radius 2 is 2.00 bits per heavy atom. The fraction of sp³-hybridized carbons (Fsp3) is 0.333. The van der Waals surface area contributed by atoms with Crippen LogP contribution in [-0.4, -0.2) is 22.9 Å². The second-order valence-corrected chi connectivity index (χ2v) is 4.48. The van der Waals surface area contributed by atoms with Gasteiger partial charge in [0.05, 0.1) is 10.6 Å². The Labute approximate surface area is 115 Å². The molecular weight excluding hydrogens is 277 g/mol. The Kier molecular flexibility index (Phi) is 5.95. The van der Waals surface area contributed by atoms with Crippen LogP contribution in [0.2, 0.25) is 5.02 Å². The van der Waals surface area contributed by atoms with E-state index in [1.165, 1.54) is 12.1 Å². The fourth-order valence-corrected chi connectivity index (χ4v) is 1.76. The monoisotopic (exact) mass is 289 g/mol. The summed E-state index contributed by atoms with van der Waals surface area (Å²) < 4.78 is 0. The number of nitrogens with one attached hydrogen (secondary N) is 1. The van der Waals surface area contributed by atoms with Gasteiger partial charge in [0, 0.05) is 18.0 Å². The predicted octanol–water partition coefficient (Wildman–Crippen LogP) is 3.39. The molecule has 0 unspecified atom stereocenters. The molecule has 0 aliphatic heterocycles. The number of carbonyl (C=O) groups is 2. The smallest absolute Gasteiger partial charge is 0.337 e. The van der Waals surface area contributed by atoms with Crippen LogP contribution in [0, 0.1) is 0 Å². The maximum Gasteiger partial charge on any atom is 0.337 e. The number of carboxylic acids is 1. The second-order valence-electron chi connectivity index (χ2n) is 3.69. The summed E-state index contributed by atoms with van der Waals surface area (Å²) in [5.41, 5.74) is 0.392. The summed E-state index contributed by atoms with van der Waals surface area (Å²) in [6, 6.07) is 4.34. The standard InChI is InChI=1S/C12H13Cl2NO3/c13-6-2-1-3-11(16)15-8-4-5-10(14)9(7-8)12(17)18/h4-5,7H,1-3,6H2,(H,15,16)(H,17,18). The molecule has 0 saturated carbocycles. The van der Waals surface area contributed by atoms with Gasteiger partial charge in [-0.15, -0.1) is 11.6 Å². The average molecular weight is 290 g/mol. The minimum absolute atomic E-state index is 0.0322. The Hall–Kier alpha value is -1.26. The molecule has 6 heteroatoms. The lowest BCUT2D eigenvalue weighted by molar-refractivity contribution is -0.116.